The Morgan fingerprint density at radius 1 is 1.23 bits per heavy atom. The number of amides is 1. The van der Waals surface area contributed by atoms with Gasteiger partial charge in [0.1, 0.15) is 5.69 Å². The monoisotopic (exact) mass is 441 g/mol. The molecule has 3 aromatic rings. The fourth-order valence-electron chi connectivity index (χ4n) is 4.09. The Morgan fingerprint density at radius 3 is 2.65 bits per heavy atom. The number of carbonyl (C=O) groups is 1. The van der Waals surface area contributed by atoms with Gasteiger partial charge in [0.15, 0.2) is 16.5 Å². The number of hydrogen-bond acceptors (Lipinski definition) is 6. The summed E-state index contributed by atoms with van der Waals surface area (Å²) in [5, 5.41) is 2.71. The number of anilines is 1. The first kappa shape index (κ1) is 21.4. The highest BCUT2D eigenvalue weighted by atomic mass is 32.1. The van der Waals surface area contributed by atoms with Gasteiger partial charge in [-0.1, -0.05) is 20.8 Å². The van der Waals surface area contributed by atoms with E-state index in [0.29, 0.717) is 27.9 Å². The Balaban J connectivity index is 1.65. The van der Waals surface area contributed by atoms with Crippen LogP contribution in [0.15, 0.2) is 29.2 Å². The first-order valence-electron chi connectivity index (χ1n) is 10.3. The lowest BCUT2D eigenvalue weighted by Gasteiger charge is -2.33. The third-order valence-corrected chi connectivity index (χ3v) is 7.13. The van der Waals surface area contributed by atoms with Gasteiger partial charge in [-0.25, -0.2) is 4.98 Å². The van der Waals surface area contributed by atoms with Gasteiger partial charge >= 0.3 is 0 Å². The maximum atomic E-state index is 13.2. The number of fused-ring (bicyclic) bond motifs is 3. The molecule has 2 aromatic heterocycles. The fourth-order valence-corrected chi connectivity index (χ4v) is 5.29. The molecule has 164 valence electrons. The van der Waals surface area contributed by atoms with Gasteiger partial charge in [-0.05, 0) is 48.8 Å². The standard InChI is InChI=1S/C23H27N3O4S/c1-23(2,3)14-7-8-16-19(11-14)31-22-24-12-15(21(28)26(16)22)25-20(27)13-6-9-17(29-4)18(10-13)30-5/h6,9-10,12,14H,7-8,11H2,1-5H3,(H,25,27)/t14-/m1/s1. The number of aryl methyl sites for hydroxylation is 1. The summed E-state index contributed by atoms with van der Waals surface area (Å²) in [6, 6.07) is 4.86. The van der Waals surface area contributed by atoms with Gasteiger partial charge in [-0.2, -0.15) is 0 Å². The third-order valence-electron chi connectivity index (χ3n) is 6.02. The number of methoxy groups -OCH3 is 2. The van der Waals surface area contributed by atoms with Crippen molar-refractivity contribution < 1.29 is 14.3 Å². The number of rotatable bonds is 4. The van der Waals surface area contributed by atoms with E-state index in [9.17, 15) is 9.59 Å². The summed E-state index contributed by atoms with van der Waals surface area (Å²) in [4.78, 5) is 32.3. The van der Waals surface area contributed by atoms with Crippen molar-refractivity contribution in [1.29, 1.82) is 0 Å². The summed E-state index contributed by atoms with van der Waals surface area (Å²) >= 11 is 1.58. The van der Waals surface area contributed by atoms with Crippen LogP contribution in [0.4, 0.5) is 5.69 Å². The minimum Gasteiger partial charge on any atom is -0.493 e. The Hall–Kier alpha value is -2.87. The van der Waals surface area contributed by atoms with E-state index in [-0.39, 0.29) is 16.7 Å². The van der Waals surface area contributed by atoms with Crippen molar-refractivity contribution in [3.63, 3.8) is 0 Å². The highest BCUT2D eigenvalue weighted by Crippen LogP contribution is 2.39. The minimum absolute atomic E-state index is 0.163. The van der Waals surface area contributed by atoms with Crippen LogP contribution in [-0.2, 0) is 12.8 Å². The molecule has 1 atom stereocenters. The number of carbonyl (C=O) groups excluding carboxylic acids is 1. The Labute approximate surface area is 185 Å². The summed E-state index contributed by atoms with van der Waals surface area (Å²) in [5.41, 5.74) is 1.54. The molecule has 1 amide bonds. The van der Waals surface area contributed by atoms with Crippen LogP contribution in [0.5, 0.6) is 11.5 Å². The number of aromatic nitrogens is 2. The van der Waals surface area contributed by atoms with Crippen molar-refractivity contribution >= 4 is 27.9 Å². The molecule has 2 heterocycles. The molecule has 1 aliphatic rings. The smallest absolute Gasteiger partial charge is 0.282 e. The van der Waals surface area contributed by atoms with E-state index in [1.807, 2.05) is 0 Å². The van der Waals surface area contributed by atoms with Crippen LogP contribution in [0.25, 0.3) is 4.96 Å². The summed E-state index contributed by atoms with van der Waals surface area (Å²) < 4.78 is 12.1. The molecule has 1 aromatic carbocycles. The summed E-state index contributed by atoms with van der Waals surface area (Å²) in [6.07, 6.45) is 4.28. The molecule has 0 fully saturated rings. The van der Waals surface area contributed by atoms with E-state index in [2.05, 4.69) is 31.1 Å². The molecule has 7 nitrogen and oxygen atoms in total. The van der Waals surface area contributed by atoms with E-state index in [1.165, 1.54) is 25.3 Å². The van der Waals surface area contributed by atoms with Gasteiger partial charge in [0.2, 0.25) is 0 Å². The van der Waals surface area contributed by atoms with Gasteiger partial charge < -0.3 is 14.8 Å². The van der Waals surface area contributed by atoms with Crippen LogP contribution in [0.2, 0.25) is 0 Å². The molecule has 8 heteroatoms. The molecule has 0 saturated carbocycles. The Bertz CT molecular complexity index is 1210. The molecular weight excluding hydrogens is 414 g/mol. The van der Waals surface area contributed by atoms with E-state index in [4.69, 9.17) is 9.47 Å². The van der Waals surface area contributed by atoms with Gasteiger partial charge in [0.25, 0.3) is 11.5 Å². The van der Waals surface area contributed by atoms with Crippen molar-refractivity contribution in [2.24, 2.45) is 11.3 Å². The van der Waals surface area contributed by atoms with Crippen molar-refractivity contribution in [2.75, 3.05) is 19.5 Å². The predicted octanol–water partition coefficient (Wildman–Crippen LogP) is 4.18. The molecule has 0 bridgehead atoms. The number of ether oxygens (including phenoxy) is 2. The van der Waals surface area contributed by atoms with Crippen LogP contribution in [0.3, 0.4) is 0 Å². The van der Waals surface area contributed by atoms with Crippen LogP contribution >= 0.6 is 11.3 Å². The van der Waals surface area contributed by atoms with Gasteiger partial charge in [0, 0.05) is 16.1 Å². The largest absolute Gasteiger partial charge is 0.493 e. The molecule has 0 spiro atoms. The van der Waals surface area contributed by atoms with Gasteiger partial charge in [-0.15, -0.1) is 11.3 Å². The molecular formula is C23H27N3O4S. The number of thiazole rings is 1. The topological polar surface area (TPSA) is 81.9 Å². The van der Waals surface area contributed by atoms with Crippen molar-refractivity contribution in [3.8, 4) is 11.5 Å². The second kappa shape index (κ2) is 8.00. The van der Waals surface area contributed by atoms with E-state index >= 15 is 0 Å². The molecule has 4 rings (SSSR count). The fraction of sp³-hybridized carbons (Fsp3) is 0.435. The van der Waals surface area contributed by atoms with E-state index < -0.39 is 5.91 Å². The predicted molar refractivity (Wildman–Crippen MR) is 122 cm³/mol. The van der Waals surface area contributed by atoms with Crippen molar-refractivity contribution in [3.05, 3.63) is 50.9 Å². The van der Waals surface area contributed by atoms with E-state index in [1.54, 1.807) is 33.9 Å². The van der Waals surface area contributed by atoms with Gasteiger partial charge in [0.05, 0.1) is 20.4 Å². The Morgan fingerprint density at radius 2 is 1.97 bits per heavy atom. The molecule has 1 aliphatic carbocycles. The lowest BCUT2D eigenvalue weighted by atomic mass is 9.73. The molecule has 31 heavy (non-hydrogen) atoms. The zero-order valence-corrected chi connectivity index (χ0v) is 19.3. The molecule has 1 N–H and O–H groups in total. The third kappa shape index (κ3) is 3.92. The summed E-state index contributed by atoms with van der Waals surface area (Å²) in [6.45, 7) is 6.80. The molecule has 0 saturated heterocycles. The van der Waals surface area contributed by atoms with E-state index in [0.717, 1.165) is 25.0 Å². The quantitative estimate of drug-likeness (QED) is 0.657. The zero-order valence-electron chi connectivity index (χ0n) is 18.4. The van der Waals surface area contributed by atoms with Crippen LogP contribution in [0, 0.1) is 11.3 Å². The molecule has 0 aliphatic heterocycles. The number of nitrogens with zero attached hydrogens (tertiary/aromatic N) is 2. The molecule has 0 radical (unpaired) electrons. The number of hydrogen-bond donors (Lipinski definition) is 1. The number of nitrogens with one attached hydrogen (secondary N) is 1. The van der Waals surface area contributed by atoms with Crippen LogP contribution in [-0.4, -0.2) is 29.5 Å². The first-order valence-corrected chi connectivity index (χ1v) is 11.1. The second-order valence-electron chi connectivity index (χ2n) is 8.90. The SMILES string of the molecule is COc1ccc(C(=O)Nc2cnc3sc4c(n3c2=O)CC[C@@H](C(C)(C)C)C4)cc1OC. The highest BCUT2D eigenvalue weighted by molar-refractivity contribution is 7.17. The Kier molecular flexibility index (Phi) is 5.51. The first-order chi connectivity index (χ1) is 14.7. The summed E-state index contributed by atoms with van der Waals surface area (Å²) in [7, 11) is 3.04. The average molecular weight is 442 g/mol. The maximum Gasteiger partial charge on any atom is 0.282 e. The van der Waals surface area contributed by atoms with Crippen molar-refractivity contribution in [1.82, 2.24) is 9.38 Å². The van der Waals surface area contributed by atoms with Crippen LogP contribution in [0.1, 0.15) is 48.1 Å². The lowest BCUT2D eigenvalue weighted by molar-refractivity contribution is 0.102. The minimum atomic E-state index is -0.406. The highest BCUT2D eigenvalue weighted by Gasteiger charge is 2.31. The van der Waals surface area contributed by atoms with Gasteiger partial charge in [-0.3, -0.25) is 14.0 Å². The number of benzene rings is 1. The lowest BCUT2D eigenvalue weighted by Crippen LogP contribution is -2.28. The second-order valence-corrected chi connectivity index (χ2v) is 9.96. The van der Waals surface area contributed by atoms with Crippen molar-refractivity contribution in [2.45, 2.75) is 40.0 Å². The zero-order chi connectivity index (χ0) is 22.3. The summed E-state index contributed by atoms with van der Waals surface area (Å²) in [5.74, 6) is 1.14. The molecule has 0 unspecified atom stereocenters. The maximum absolute atomic E-state index is 13.2. The average Bonchev–Trinajstić information content (AvgIpc) is 3.13. The van der Waals surface area contributed by atoms with Crippen LogP contribution < -0.4 is 20.3 Å². The normalized spacial score (nSPS) is 16.1.